The molecule has 0 saturated carbocycles. The molecule has 1 N–H and O–H groups in total. The Labute approximate surface area is 181 Å². The molecule has 2 heterocycles. The average molecular weight is 497 g/mol. The Morgan fingerprint density at radius 1 is 1.10 bits per heavy atom. The molecule has 1 fully saturated rings. The minimum absolute atomic E-state index is 0.0836. The van der Waals surface area contributed by atoms with Crippen LogP contribution in [0.4, 0.5) is 13.2 Å². The summed E-state index contributed by atoms with van der Waals surface area (Å²) in [4.78, 5) is 26.2. The van der Waals surface area contributed by atoms with Gasteiger partial charge in [-0.2, -0.15) is 9.45 Å². The van der Waals surface area contributed by atoms with E-state index in [9.17, 15) is 28.0 Å². The zero-order valence-corrected chi connectivity index (χ0v) is 17.4. The Morgan fingerprint density at radius 2 is 1.80 bits per heavy atom. The molecule has 1 aliphatic rings. The number of hydrogen-bond donors (Lipinski definition) is 1. The second kappa shape index (κ2) is 7.86. The molecule has 2 amide bonds. The topological polar surface area (TPSA) is 60.9 Å². The summed E-state index contributed by atoms with van der Waals surface area (Å²) < 4.78 is 43.4. The number of hydrogen-bond acceptors (Lipinski definition) is 4. The summed E-state index contributed by atoms with van der Waals surface area (Å²) in [6.07, 6.45) is -1.24. The number of amides is 2. The Morgan fingerprint density at radius 3 is 2.40 bits per heavy atom. The minimum atomic E-state index is -1.24. The van der Waals surface area contributed by atoms with E-state index in [1.807, 2.05) is 0 Å². The van der Waals surface area contributed by atoms with Gasteiger partial charge in [-0.1, -0.05) is 28.1 Å². The van der Waals surface area contributed by atoms with Gasteiger partial charge in [-0.25, -0.2) is 8.78 Å². The predicted octanol–water partition coefficient (Wildman–Crippen LogP) is 4.97. The third-order valence-electron chi connectivity index (χ3n) is 4.61. The minimum Gasteiger partial charge on any atom is -0.302 e. The van der Waals surface area contributed by atoms with Gasteiger partial charge in [0.2, 0.25) is 0 Å². The van der Waals surface area contributed by atoms with E-state index < -0.39 is 46.9 Å². The van der Waals surface area contributed by atoms with Crippen LogP contribution in [0.15, 0.2) is 53.0 Å². The predicted molar refractivity (Wildman–Crippen MR) is 106 cm³/mol. The summed E-state index contributed by atoms with van der Waals surface area (Å²) in [5.74, 6) is -4.19. The van der Waals surface area contributed by atoms with Crippen molar-refractivity contribution >= 4 is 39.1 Å². The lowest BCUT2D eigenvalue weighted by Gasteiger charge is -2.27. The second-order valence-corrected chi connectivity index (χ2v) is 8.47. The van der Waals surface area contributed by atoms with Crippen molar-refractivity contribution in [2.24, 2.45) is 0 Å². The van der Waals surface area contributed by atoms with Gasteiger partial charge in [0.1, 0.15) is 23.7 Å². The van der Waals surface area contributed by atoms with Gasteiger partial charge in [0.15, 0.2) is 11.3 Å². The number of carbonyl (C=O) groups excluding carboxylic acids is 2. The van der Waals surface area contributed by atoms with E-state index in [1.165, 1.54) is 12.1 Å². The van der Waals surface area contributed by atoms with Gasteiger partial charge in [0.05, 0.1) is 0 Å². The lowest BCUT2D eigenvalue weighted by Crippen LogP contribution is -2.35. The number of carbonyl (C=O) groups is 2. The van der Waals surface area contributed by atoms with Crippen molar-refractivity contribution in [2.75, 3.05) is 6.54 Å². The van der Waals surface area contributed by atoms with Gasteiger partial charge in [-0.3, -0.25) is 14.8 Å². The van der Waals surface area contributed by atoms with Crippen molar-refractivity contribution < 1.29 is 28.0 Å². The van der Waals surface area contributed by atoms with E-state index >= 15 is 0 Å². The summed E-state index contributed by atoms with van der Waals surface area (Å²) in [5, 5.41) is 10.0. The monoisotopic (exact) mass is 496 g/mol. The van der Waals surface area contributed by atoms with Crippen LogP contribution < -0.4 is 0 Å². The second-order valence-electron chi connectivity index (χ2n) is 6.52. The number of halogens is 4. The molecule has 154 valence electrons. The highest BCUT2D eigenvalue weighted by molar-refractivity contribution is 9.10. The molecule has 30 heavy (non-hydrogen) atoms. The van der Waals surface area contributed by atoms with Gasteiger partial charge >= 0.3 is 0 Å². The van der Waals surface area contributed by atoms with Gasteiger partial charge in [-0.05, 0) is 47.5 Å². The summed E-state index contributed by atoms with van der Waals surface area (Å²) in [6, 6.07) is 10.9. The maximum Gasteiger partial charge on any atom is 0.267 e. The highest BCUT2D eigenvalue weighted by atomic mass is 79.9. The van der Waals surface area contributed by atoms with Gasteiger partial charge in [0.25, 0.3) is 11.8 Å². The first-order valence-corrected chi connectivity index (χ1v) is 10.2. The highest BCUT2D eigenvalue weighted by Crippen LogP contribution is 2.34. The van der Waals surface area contributed by atoms with Crippen LogP contribution >= 0.6 is 27.3 Å². The number of thiophene rings is 1. The molecule has 0 spiro atoms. The highest BCUT2D eigenvalue weighted by Gasteiger charge is 2.43. The molecular formula is C20H12BrF3N2O3S. The number of rotatable bonds is 3. The van der Waals surface area contributed by atoms with Crippen LogP contribution in [-0.4, -0.2) is 33.5 Å². The number of nitrogens with zero attached hydrogens (tertiary/aromatic N) is 2. The first-order valence-electron chi connectivity index (χ1n) is 8.58. The van der Waals surface area contributed by atoms with Crippen LogP contribution in [-0.2, 0) is 4.79 Å². The third kappa shape index (κ3) is 3.62. The standard InChI is InChI=1S/C20H12BrF3N2O3S/c21-12-3-1-2-10(6-12)19-25(9-17(27)26(19)29)20(28)18-13(22)7-11(8-14(18)23)15-4-5-16(24)30-15/h1-8,19,29H,9H2. The normalized spacial score (nSPS) is 16.4. The van der Waals surface area contributed by atoms with E-state index in [-0.39, 0.29) is 5.56 Å². The third-order valence-corrected chi connectivity index (χ3v) is 6.03. The smallest absolute Gasteiger partial charge is 0.267 e. The zero-order valence-electron chi connectivity index (χ0n) is 15.0. The molecule has 4 rings (SSSR count). The zero-order chi connectivity index (χ0) is 21.6. The van der Waals surface area contributed by atoms with Crippen LogP contribution in [0.3, 0.4) is 0 Å². The van der Waals surface area contributed by atoms with Gasteiger partial charge in [0, 0.05) is 9.35 Å². The van der Waals surface area contributed by atoms with Gasteiger partial charge in [-0.15, -0.1) is 11.3 Å². The van der Waals surface area contributed by atoms with Crippen LogP contribution in [0.2, 0.25) is 0 Å². The van der Waals surface area contributed by atoms with Crippen LogP contribution in [0.1, 0.15) is 22.1 Å². The average Bonchev–Trinajstić information content (AvgIpc) is 3.25. The molecule has 1 atom stereocenters. The molecule has 0 bridgehead atoms. The largest absolute Gasteiger partial charge is 0.302 e. The molecule has 10 heteroatoms. The lowest BCUT2D eigenvalue weighted by molar-refractivity contribution is -0.168. The van der Waals surface area contributed by atoms with Crippen LogP contribution in [0.5, 0.6) is 0 Å². The van der Waals surface area contributed by atoms with Crippen LogP contribution in [0.25, 0.3) is 10.4 Å². The Bertz CT molecular complexity index is 1150. The van der Waals surface area contributed by atoms with Crippen molar-refractivity contribution in [2.45, 2.75) is 6.17 Å². The maximum absolute atomic E-state index is 14.8. The van der Waals surface area contributed by atoms with Crippen LogP contribution in [0, 0.1) is 16.8 Å². The molecule has 1 unspecified atom stereocenters. The van der Waals surface area contributed by atoms with Crippen molar-refractivity contribution in [3.63, 3.8) is 0 Å². The lowest BCUT2D eigenvalue weighted by atomic mass is 10.1. The van der Waals surface area contributed by atoms with Crippen molar-refractivity contribution in [1.29, 1.82) is 0 Å². The van der Waals surface area contributed by atoms with E-state index in [2.05, 4.69) is 15.9 Å². The number of hydroxylamine groups is 2. The SMILES string of the molecule is O=C1CN(C(=O)c2c(F)cc(-c3ccc(F)s3)cc2F)C(c2cccc(Br)c2)N1O. The van der Waals surface area contributed by atoms with E-state index in [4.69, 9.17) is 0 Å². The van der Waals surface area contributed by atoms with E-state index in [1.54, 1.807) is 24.3 Å². The molecule has 5 nitrogen and oxygen atoms in total. The van der Waals surface area contributed by atoms with Gasteiger partial charge < -0.3 is 4.90 Å². The molecule has 0 aliphatic carbocycles. The fraction of sp³-hybridized carbons (Fsp3) is 0.100. The van der Waals surface area contributed by atoms with E-state index in [0.29, 0.717) is 31.3 Å². The molecule has 1 aliphatic heterocycles. The fourth-order valence-corrected chi connectivity index (χ4v) is 4.41. The van der Waals surface area contributed by atoms with Crippen molar-refractivity contribution in [3.05, 3.63) is 80.9 Å². The number of benzene rings is 2. The summed E-state index contributed by atoms with van der Waals surface area (Å²) in [7, 11) is 0. The van der Waals surface area contributed by atoms with Crippen molar-refractivity contribution in [3.8, 4) is 10.4 Å². The van der Waals surface area contributed by atoms with Crippen molar-refractivity contribution in [1.82, 2.24) is 9.96 Å². The first kappa shape index (κ1) is 20.6. The Balaban J connectivity index is 1.73. The summed E-state index contributed by atoms with van der Waals surface area (Å²) in [5.41, 5.74) is -0.406. The molecule has 1 aromatic heterocycles. The summed E-state index contributed by atoms with van der Waals surface area (Å²) in [6.45, 7) is -0.552. The molecule has 3 aromatic rings. The molecule has 2 aromatic carbocycles. The maximum atomic E-state index is 14.8. The molecule has 0 radical (unpaired) electrons. The molecule has 1 saturated heterocycles. The van der Waals surface area contributed by atoms with E-state index in [0.717, 1.165) is 17.0 Å². The molecular weight excluding hydrogens is 485 g/mol. The summed E-state index contributed by atoms with van der Waals surface area (Å²) >= 11 is 3.98. The Kier molecular flexibility index (Phi) is 5.39. The first-order chi connectivity index (χ1) is 14.3. The fourth-order valence-electron chi connectivity index (χ4n) is 3.28. The Hall–Kier alpha value is -2.69. The quantitative estimate of drug-likeness (QED) is 0.521.